The number of esters is 1. The lowest BCUT2D eigenvalue weighted by molar-refractivity contribution is -0.124. The third-order valence-electron chi connectivity index (χ3n) is 4.09. The van der Waals surface area contributed by atoms with Crippen molar-refractivity contribution in [2.45, 2.75) is 32.2 Å². The van der Waals surface area contributed by atoms with Crippen LogP contribution in [0.25, 0.3) is 0 Å². The van der Waals surface area contributed by atoms with Crippen LogP contribution in [0.4, 0.5) is 0 Å². The first-order chi connectivity index (χ1) is 13.7. The second-order valence-corrected chi connectivity index (χ2v) is 8.83. The van der Waals surface area contributed by atoms with Gasteiger partial charge in [-0.1, -0.05) is 50.2 Å². The smallest absolute Gasteiger partial charge is 0.338 e. The summed E-state index contributed by atoms with van der Waals surface area (Å²) in [5.74, 6) is -0.873. The zero-order valence-corrected chi connectivity index (χ0v) is 17.6. The number of benzene rings is 2. The lowest BCUT2D eigenvalue weighted by Crippen LogP contribution is -2.31. The van der Waals surface area contributed by atoms with Gasteiger partial charge in [0.15, 0.2) is 6.61 Å². The molecule has 0 bridgehead atoms. The molecular formula is C21H26N2O5S. The highest BCUT2D eigenvalue weighted by Gasteiger charge is 2.19. The molecule has 0 fully saturated rings. The van der Waals surface area contributed by atoms with Gasteiger partial charge in [0.25, 0.3) is 5.91 Å². The Balaban J connectivity index is 2.06. The largest absolute Gasteiger partial charge is 0.452 e. The Labute approximate surface area is 171 Å². The van der Waals surface area contributed by atoms with Crippen LogP contribution in [-0.2, 0) is 26.1 Å². The highest BCUT2D eigenvalue weighted by molar-refractivity contribution is 7.89. The highest BCUT2D eigenvalue weighted by atomic mass is 32.2. The molecule has 0 heterocycles. The summed E-state index contributed by atoms with van der Waals surface area (Å²) in [6.07, 6.45) is 0. The maximum atomic E-state index is 12.6. The van der Waals surface area contributed by atoms with Crippen LogP contribution in [0.3, 0.4) is 0 Å². The van der Waals surface area contributed by atoms with Gasteiger partial charge in [0.2, 0.25) is 10.0 Å². The van der Waals surface area contributed by atoms with Crippen molar-refractivity contribution in [3.63, 3.8) is 0 Å². The van der Waals surface area contributed by atoms with Crippen molar-refractivity contribution in [2.75, 3.05) is 13.2 Å². The van der Waals surface area contributed by atoms with Crippen molar-refractivity contribution in [3.05, 3.63) is 65.2 Å². The van der Waals surface area contributed by atoms with Gasteiger partial charge in [-0.2, -0.15) is 0 Å². The van der Waals surface area contributed by atoms with E-state index < -0.39 is 28.5 Å². The third kappa shape index (κ3) is 6.99. The maximum absolute atomic E-state index is 12.6. The van der Waals surface area contributed by atoms with E-state index in [0.717, 1.165) is 5.56 Å². The zero-order valence-electron chi connectivity index (χ0n) is 16.8. The van der Waals surface area contributed by atoms with Crippen LogP contribution in [0.15, 0.2) is 53.4 Å². The molecule has 0 saturated heterocycles. The van der Waals surface area contributed by atoms with Gasteiger partial charge in [0, 0.05) is 13.1 Å². The van der Waals surface area contributed by atoms with Crippen LogP contribution >= 0.6 is 0 Å². The van der Waals surface area contributed by atoms with E-state index in [1.54, 1.807) is 6.92 Å². The number of carbonyl (C=O) groups is 2. The average molecular weight is 419 g/mol. The van der Waals surface area contributed by atoms with Crippen molar-refractivity contribution < 1.29 is 22.7 Å². The molecule has 156 valence electrons. The number of sulfonamides is 1. The molecule has 0 aliphatic heterocycles. The fourth-order valence-corrected chi connectivity index (χ4v) is 3.47. The molecule has 0 aliphatic carbocycles. The molecule has 7 nitrogen and oxygen atoms in total. The summed E-state index contributed by atoms with van der Waals surface area (Å²) in [7, 11) is -3.82. The molecule has 29 heavy (non-hydrogen) atoms. The number of hydrogen-bond acceptors (Lipinski definition) is 5. The Morgan fingerprint density at radius 3 is 2.41 bits per heavy atom. The van der Waals surface area contributed by atoms with Crippen molar-refractivity contribution in [2.24, 2.45) is 5.92 Å². The van der Waals surface area contributed by atoms with Gasteiger partial charge in [-0.25, -0.2) is 17.9 Å². The van der Waals surface area contributed by atoms with Crippen molar-refractivity contribution in [3.8, 4) is 0 Å². The lowest BCUT2D eigenvalue weighted by Gasteiger charge is -2.11. The molecule has 8 heteroatoms. The average Bonchev–Trinajstić information content (AvgIpc) is 2.70. The van der Waals surface area contributed by atoms with E-state index in [4.69, 9.17) is 4.74 Å². The summed E-state index contributed by atoms with van der Waals surface area (Å²) in [6.45, 7) is 5.77. The van der Waals surface area contributed by atoms with Crippen LogP contribution < -0.4 is 10.0 Å². The molecule has 2 aromatic rings. The Bertz CT molecular complexity index is 956. The molecule has 0 spiro atoms. The summed E-state index contributed by atoms with van der Waals surface area (Å²) in [5.41, 5.74) is 1.47. The molecule has 0 aliphatic rings. The van der Waals surface area contributed by atoms with E-state index in [9.17, 15) is 18.0 Å². The van der Waals surface area contributed by atoms with Crippen molar-refractivity contribution in [1.82, 2.24) is 10.0 Å². The van der Waals surface area contributed by atoms with E-state index in [1.165, 1.54) is 18.2 Å². The number of nitrogens with one attached hydrogen (secondary N) is 2. The number of hydrogen-bond donors (Lipinski definition) is 2. The molecule has 2 N–H and O–H groups in total. The predicted octanol–water partition coefficient (Wildman–Crippen LogP) is 2.40. The minimum atomic E-state index is -3.82. The van der Waals surface area contributed by atoms with Gasteiger partial charge in [-0.15, -0.1) is 0 Å². The van der Waals surface area contributed by atoms with Crippen LogP contribution in [0.2, 0.25) is 0 Å². The summed E-state index contributed by atoms with van der Waals surface area (Å²) in [5, 5.41) is 2.65. The summed E-state index contributed by atoms with van der Waals surface area (Å²) in [6, 6.07) is 13.3. The van der Waals surface area contributed by atoms with Gasteiger partial charge >= 0.3 is 5.97 Å². The summed E-state index contributed by atoms with van der Waals surface area (Å²) >= 11 is 0. The Kier molecular flexibility index (Phi) is 7.92. The van der Waals surface area contributed by atoms with Crippen LogP contribution in [-0.4, -0.2) is 33.4 Å². The third-order valence-corrected chi connectivity index (χ3v) is 5.49. The molecule has 0 radical (unpaired) electrons. The lowest BCUT2D eigenvalue weighted by atomic mass is 10.1. The van der Waals surface area contributed by atoms with Crippen molar-refractivity contribution >= 4 is 21.9 Å². The van der Waals surface area contributed by atoms with Crippen LogP contribution in [0.1, 0.15) is 35.3 Å². The van der Waals surface area contributed by atoms with Gasteiger partial charge in [0.05, 0.1) is 10.5 Å². The molecule has 0 atom stereocenters. The number of amides is 1. The minimum absolute atomic E-state index is 0.0461. The molecule has 0 aromatic heterocycles. The van der Waals surface area contributed by atoms with Crippen LogP contribution in [0, 0.1) is 12.8 Å². The monoisotopic (exact) mass is 418 g/mol. The van der Waals surface area contributed by atoms with Gasteiger partial charge in [-0.3, -0.25) is 4.79 Å². The topological polar surface area (TPSA) is 102 Å². The van der Waals surface area contributed by atoms with E-state index in [-0.39, 0.29) is 22.9 Å². The Morgan fingerprint density at radius 2 is 1.76 bits per heavy atom. The number of rotatable bonds is 9. The molecule has 2 aromatic carbocycles. The van der Waals surface area contributed by atoms with E-state index in [1.807, 2.05) is 44.2 Å². The molecule has 2 rings (SSSR count). The Morgan fingerprint density at radius 1 is 1.07 bits per heavy atom. The number of ether oxygens (including phenoxy) is 1. The quantitative estimate of drug-likeness (QED) is 0.609. The number of carbonyl (C=O) groups excluding carboxylic acids is 2. The SMILES string of the molecule is Cc1ccc(S(=O)(=O)NCc2ccccc2)cc1C(=O)OCC(=O)NCC(C)C. The molecule has 1 amide bonds. The first kappa shape index (κ1) is 22.6. The normalized spacial score (nSPS) is 11.3. The molecule has 0 saturated carbocycles. The first-order valence-electron chi connectivity index (χ1n) is 9.27. The van der Waals surface area contributed by atoms with Crippen molar-refractivity contribution in [1.29, 1.82) is 0 Å². The Hall–Kier alpha value is -2.71. The van der Waals surface area contributed by atoms with Crippen LogP contribution in [0.5, 0.6) is 0 Å². The first-order valence-corrected chi connectivity index (χ1v) is 10.8. The number of aryl methyl sites for hydroxylation is 1. The fraction of sp³-hybridized carbons (Fsp3) is 0.333. The van der Waals surface area contributed by atoms with E-state index in [0.29, 0.717) is 12.1 Å². The zero-order chi connectivity index (χ0) is 21.4. The maximum Gasteiger partial charge on any atom is 0.338 e. The second kappa shape index (κ2) is 10.2. The van der Waals surface area contributed by atoms with E-state index >= 15 is 0 Å². The molecule has 0 unspecified atom stereocenters. The highest BCUT2D eigenvalue weighted by Crippen LogP contribution is 2.17. The van der Waals surface area contributed by atoms with Gasteiger partial charge < -0.3 is 10.1 Å². The van der Waals surface area contributed by atoms with Gasteiger partial charge in [-0.05, 0) is 36.1 Å². The second-order valence-electron chi connectivity index (χ2n) is 7.06. The summed E-state index contributed by atoms with van der Waals surface area (Å²) in [4.78, 5) is 24.0. The molecular weight excluding hydrogens is 392 g/mol. The predicted molar refractivity (Wildman–Crippen MR) is 110 cm³/mol. The standard InChI is InChI=1S/C21H26N2O5S/c1-15(2)12-22-20(24)14-28-21(25)19-11-18(10-9-16(19)3)29(26,27)23-13-17-7-5-4-6-8-17/h4-11,15,23H,12-14H2,1-3H3,(H,22,24). The fourth-order valence-electron chi connectivity index (χ4n) is 2.42. The minimum Gasteiger partial charge on any atom is -0.452 e. The van der Waals surface area contributed by atoms with Gasteiger partial charge in [0.1, 0.15) is 0 Å². The van der Waals surface area contributed by atoms with E-state index in [2.05, 4.69) is 10.0 Å². The summed E-state index contributed by atoms with van der Waals surface area (Å²) < 4.78 is 32.7.